The summed E-state index contributed by atoms with van der Waals surface area (Å²) in [6.45, 7) is 4.41. The highest BCUT2D eigenvalue weighted by molar-refractivity contribution is 7.99. The molecular formula is C13H25F2NS. The molecule has 4 heteroatoms. The number of rotatable bonds is 7. The zero-order valence-electron chi connectivity index (χ0n) is 11.1. The van der Waals surface area contributed by atoms with E-state index < -0.39 is 5.92 Å². The van der Waals surface area contributed by atoms with E-state index in [1.807, 2.05) is 18.8 Å². The highest BCUT2D eigenvalue weighted by atomic mass is 32.2. The lowest BCUT2D eigenvalue weighted by molar-refractivity contribution is 0.00445. The van der Waals surface area contributed by atoms with E-state index in [0.29, 0.717) is 17.7 Å². The summed E-state index contributed by atoms with van der Waals surface area (Å²) < 4.78 is 26.2. The van der Waals surface area contributed by atoms with Crippen LogP contribution in [0.2, 0.25) is 0 Å². The van der Waals surface area contributed by atoms with E-state index in [1.165, 1.54) is 6.42 Å². The molecule has 1 N–H and O–H groups in total. The van der Waals surface area contributed by atoms with Crippen molar-refractivity contribution in [2.24, 2.45) is 5.92 Å². The van der Waals surface area contributed by atoms with Crippen molar-refractivity contribution in [3.63, 3.8) is 0 Å². The summed E-state index contributed by atoms with van der Waals surface area (Å²) in [4.78, 5) is 0. The van der Waals surface area contributed by atoms with Crippen molar-refractivity contribution in [2.45, 2.75) is 63.2 Å². The van der Waals surface area contributed by atoms with E-state index in [2.05, 4.69) is 19.2 Å². The highest BCUT2D eigenvalue weighted by Gasteiger charge is 2.39. The van der Waals surface area contributed by atoms with Gasteiger partial charge in [-0.3, -0.25) is 0 Å². The van der Waals surface area contributed by atoms with Gasteiger partial charge in [0.2, 0.25) is 5.92 Å². The fourth-order valence-corrected chi connectivity index (χ4v) is 3.41. The largest absolute Gasteiger partial charge is 0.316 e. The predicted octanol–water partition coefficient (Wildman–Crippen LogP) is 3.93. The molecule has 0 aliphatic heterocycles. The third-order valence-corrected chi connectivity index (χ3v) is 5.19. The first-order valence-electron chi connectivity index (χ1n) is 6.63. The van der Waals surface area contributed by atoms with Gasteiger partial charge in [0.05, 0.1) is 0 Å². The third kappa shape index (κ3) is 5.56. The molecule has 0 heterocycles. The molecule has 0 spiro atoms. The zero-order chi connectivity index (χ0) is 12.9. The van der Waals surface area contributed by atoms with Gasteiger partial charge >= 0.3 is 0 Å². The lowest BCUT2D eigenvalue weighted by Gasteiger charge is -2.21. The van der Waals surface area contributed by atoms with Gasteiger partial charge in [-0.1, -0.05) is 13.8 Å². The highest BCUT2D eigenvalue weighted by Crippen LogP contribution is 2.41. The van der Waals surface area contributed by atoms with Crippen LogP contribution in [0.3, 0.4) is 0 Å². The minimum Gasteiger partial charge on any atom is -0.316 e. The average Bonchev–Trinajstić information content (AvgIpc) is 2.63. The Bertz CT molecular complexity index is 223. The molecule has 1 aliphatic carbocycles. The topological polar surface area (TPSA) is 12.0 Å². The van der Waals surface area contributed by atoms with E-state index in [9.17, 15) is 8.78 Å². The maximum absolute atomic E-state index is 13.1. The van der Waals surface area contributed by atoms with Crippen molar-refractivity contribution in [1.29, 1.82) is 0 Å². The van der Waals surface area contributed by atoms with Crippen LogP contribution in [-0.4, -0.2) is 30.0 Å². The lowest BCUT2D eigenvalue weighted by atomic mass is 9.99. The molecule has 1 aliphatic rings. The van der Waals surface area contributed by atoms with Crippen molar-refractivity contribution in [3.05, 3.63) is 0 Å². The Hall–Kier alpha value is 0.170. The van der Waals surface area contributed by atoms with Crippen LogP contribution < -0.4 is 5.32 Å². The molecule has 0 amide bonds. The normalized spacial score (nSPS) is 27.0. The second-order valence-electron chi connectivity index (χ2n) is 5.24. The van der Waals surface area contributed by atoms with Crippen LogP contribution in [0.5, 0.6) is 0 Å². The van der Waals surface area contributed by atoms with E-state index in [4.69, 9.17) is 0 Å². The van der Waals surface area contributed by atoms with Crippen LogP contribution in [0.15, 0.2) is 0 Å². The molecule has 0 bridgehead atoms. The number of hydrogen-bond donors (Lipinski definition) is 1. The summed E-state index contributed by atoms with van der Waals surface area (Å²) in [6, 6.07) is 0.382. The third-order valence-electron chi connectivity index (χ3n) is 3.69. The second-order valence-corrected chi connectivity index (χ2v) is 6.71. The van der Waals surface area contributed by atoms with Crippen LogP contribution >= 0.6 is 11.8 Å². The molecule has 102 valence electrons. The molecular weight excluding hydrogens is 240 g/mol. The number of thioether (sulfide) groups is 1. The van der Waals surface area contributed by atoms with Crippen molar-refractivity contribution in [1.82, 2.24) is 5.32 Å². The molecule has 17 heavy (non-hydrogen) atoms. The zero-order valence-corrected chi connectivity index (χ0v) is 12.0. The summed E-state index contributed by atoms with van der Waals surface area (Å²) in [5.41, 5.74) is 0. The molecule has 1 rings (SSSR count). The Balaban J connectivity index is 2.27. The maximum Gasteiger partial charge on any atom is 0.248 e. The first-order valence-corrected chi connectivity index (χ1v) is 7.68. The molecule has 0 aromatic heterocycles. The Morgan fingerprint density at radius 1 is 1.47 bits per heavy atom. The lowest BCUT2D eigenvalue weighted by Crippen LogP contribution is -2.30. The Labute approximate surface area is 108 Å². The van der Waals surface area contributed by atoms with Gasteiger partial charge in [0.25, 0.3) is 0 Å². The fraction of sp³-hybridized carbons (Fsp3) is 1.00. The minimum absolute atomic E-state index is 0.0899. The van der Waals surface area contributed by atoms with Crippen LogP contribution in [-0.2, 0) is 0 Å². The van der Waals surface area contributed by atoms with Crippen molar-refractivity contribution >= 4 is 11.8 Å². The molecule has 1 saturated carbocycles. The number of alkyl halides is 2. The molecule has 1 fully saturated rings. The smallest absolute Gasteiger partial charge is 0.248 e. The Morgan fingerprint density at radius 3 is 2.65 bits per heavy atom. The summed E-state index contributed by atoms with van der Waals surface area (Å²) in [7, 11) is 1.94. The fourth-order valence-electron chi connectivity index (χ4n) is 2.31. The van der Waals surface area contributed by atoms with Gasteiger partial charge in [-0.15, -0.1) is 0 Å². The van der Waals surface area contributed by atoms with Crippen LogP contribution in [0, 0.1) is 5.92 Å². The minimum atomic E-state index is -2.40. The van der Waals surface area contributed by atoms with E-state index in [1.54, 1.807) is 0 Å². The van der Waals surface area contributed by atoms with Crippen molar-refractivity contribution in [2.75, 3.05) is 12.8 Å². The van der Waals surface area contributed by atoms with Crippen LogP contribution in [0.4, 0.5) is 8.78 Å². The van der Waals surface area contributed by atoms with Gasteiger partial charge in [-0.25, -0.2) is 8.78 Å². The quantitative estimate of drug-likeness (QED) is 0.748. The van der Waals surface area contributed by atoms with Crippen molar-refractivity contribution < 1.29 is 8.78 Å². The standard InChI is InChI=1S/C13H25F2NS/c1-4-10(2)17-9-12(16-3)7-11-5-6-13(14,15)8-11/h10-12,16H,4-9H2,1-3H3. The second kappa shape index (κ2) is 6.93. The molecule has 0 radical (unpaired) electrons. The molecule has 0 saturated heterocycles. The molecule has 0 aromatic carbocycles. The van der Waals surface area contributed by atoms with Crippen molar-refractivity contribution in [3.8, 4) is 0 Å². The summed E-state index contributed by atoms with van der Waals surface area (Å²) >= 11 is 1.94. The van der Waals surface area contributed by atoms with E-state index in [0.717, 1.165) is 12.2 Å². The first kappa shape index (κ1) is 15.2. The number of nitrogens with one attached hydrogen (secondary N) is 1. The maximum atomic E-state index is 13.1. The SMILES string of the molecule is CCC(C)SCC(CC1CCC(F)(F)C1)NC. The summed E-state index contributed by atoms with van der Waals surface area (Å²) in [5.74, 6) is -1.15. The summed E-state index contributed by atoms with van der Waals surface area (Å²) in [6.07, 6.45) is 2.95. The van der Waals surface area contributed by atoms with Gasteiger partial charge in [0.1, 0.15) is 0 Å². The monoisotopic (exact) mass is 265 g/mol. The average molecular weight is 265 g/mol. The van der Waals surface area contributed by atoms with Gasteiger partial charge in [0, 0.05) is 29.9 Å². The van der Waals surface area contributed by atoms with Gasteiger partial charge in [0.15, 0.2) is 0 Å². The Kier molecular flexibility index (Phi) is 6.21. The number of hydrogen-bond acceptors (Lipinski definition) is 2. The van der Waals surface area contributed by atoms with Gasteiger partial charge in [-0.2, -0.15) is 11.8 Å². The number of halogens is 2. The first-order chi connectivity index (χ1) is 7.96. The van der Waals surface area contributed by atoms with Gasteiger partial charge < -0.3 is 5.32 Å². The Morgan fingerprint density at radius 2 is 2.18 bits per heavy atom. The molecule has 3 atom stereocenters. The van der Waals surface area contributed by atoms with E-state index in [-0.39, 0.29) is 18.8 Å². The van der Waals surface area contributed by atoms with Crippen LogP contribution in [0.25, 0.3) is 0 Å². The van der Waals surface area contributed by atoms with Gasteiger partial charge in [-0.05, 0) is 32.2 Å². The predicted molar refractivity (Wildman–Crippen MR) is 72.0 cm³/mol. The molecule has 3 unspecified atom stereocenters. The van der Waals surface area contributed by atoms with Crippen LogP contribution in [0.1, 0.15) is 46.0 Å². The molecule has 0 aromatic rings. The molecule has 1 nitrogen and oxygen atoms in total. The summed E-state index contributed by atoms with van der Waals surface area (Å²) in [5, 5.41) is 3.93. The van der Waals surface area contributed by atoms with E-state index >= 15 is 0 Å².